The van der Waals surface area contributed by atoms with Crippen molar-refractivity contribution in [3.8, 4) is 0 Å². The van der Waals surface area contributed by atoms with E-state index in [-0.39, 0.29) is 18.2 Å². The van der Waals surface area contributed by atoms with Gasteiger partial charge in [-0.2, -0.15) is 0 Å². The summed E-state index contributed by atoms with van der Waals surface area (Å²) < 4.78 is 5.27. The van der Waals surface area contributed by atoms with Crippen molar-refractivity contribution >= 4 is 5.97 Å². The van der Waals surface area contributed by atoms with E-state index in [0.29, 0.717) is 12.8 Å². The highest BCUT2D eigenvalue weighted by atomic mass is 16.5. The summed E-state index contributed by atoms with van der Waals surface area (Å²) in [6, 6.07) is 0. The second kappa shape index (κ2) is 4.13. The van der Waals surface area contributed by atoms with Gasteiger partial charge in [0.25, 0.3) is 0 Å². The van der Waals surface area contributed by atoms with E-state index in [1.54, 1.807) is 12.2 Å². The van der Waals surface area contributed by atoms with Crippen LogP contribution in [0.1, 0.15) is 33.6 Å². The number of carbonyl (C=O) groups is 1. The molecule has 1 aliphatic carbocycles. The third-order valence-corrected chi connectivity index (χ3v) is 2.17. The molecule has 0 heterocycles. The number of carbonyl (C=O) groups excluding carboxylic acids is 1. The van der Waals surface area contributed by atoms with Crippen LogP contribution in [0.3, 0.4) is 0 Å². The standard InChI is InChI=1S/C11H18O3/c1-11(2,3)10(13)14-9-6-4-8(12)5-7-9/h4,6,8-9,12H,5,7H2,1-3H3/t8-,9+/m1/s1. The minimum Gasteiger partial charge on any atom is -0.458 e. The predicted molar refractivity (Wildman–Crippen MR) is 53.7 cm³/mol. The molecule has 0 aromatic rings. The average Bonchev–Trinajstić information content (AvgIpc) is 2.07. The number of ether oxygens (including phenoxy) is 1. The highest BCUT2D eigenvalue weighted by molar-refractivity contribution is 5.75. The van der Waals surface area contributed by atoms with Gasteiger partial charge in [-0.1, -0.05) is 6.08 Å². The molecule has 0 amide bonds. The van der Waals surface area contributed by atoms with Gasteiger partial charge < -0.3 is 9.84 Å². The van der Waals surface area contributed by atoms with E-state index in [2.05, 4.69) is 0 Å². The largest absolute Gasteiger partial charge is 0.458 e. The lowest BCUT2D eigenvalue weighted by Gasteiger charge is -2.24. The van der Waals surface area contributed by atoms with Crippen LogP contribution in [0.4, 0.5) is 0 Å². The molecule has 80 valence electrons. The van der Waals surface area contributed by atoms with Crippen molar-refractivity contribution in [1.29, 1.82) is 0 Å². The number of aliphatic hydroxyl groups excluding tert-OH is 1. The van der Waals surface area contributed by atoms with Crippen molar-refractivity contribution < 1.29 is 14.6 Å². The second-order valence-corrected chi connectivity index (χ2v) is 4.72. The van der Waals surface area contributed by atoms with Crippen molar-refractivity contribution in [3.05, 3.63) is 12.2 Å². The molecule has 0 aromatic heterocycles. The molecule has 0 unspecified atom stereocenters. The van der Waals surface area contributed by atoms with Gasteiger partial charge in [-0.25, -0.2) is 0 Å². The monoisotopic (exact) mass is 198 g/mol. The van der Waals surface area contributed by atoms with E-state index in [4.69, 9.17) is 4.74 Å². The summed E-state index contributed by atoms with van der Waals surface area (Å²) in [6.45, 7) is 5.49. The fourth-order valence-corrected chi connectivity index (χ4v) is 1.19. The molecule has 0 saturated carbocycles. The van der Waals surface area contributed by atoms with Crippen LogP contribution in [-0.2, 0) is 9.53 Å². The van der Waals surface area contributed by atoms with Gasteiger partial charge in [0, 0.05) is 0 Å². The van der Waals surface area contributed by atoms with Gasteiger partial charge in [-0.05, 0) is 39.7 Å². The maximum atomic E-state index is 11.5. The molecule has 0 bridgehead atoms. The summed E-state index contributed by atoms with van der Waals surface area (Å²) in [5.41, 5.74) is -0.454. The van der Waals surface area contributed by atoms with Crippen molar-refractivity contribution in [1.82, 2.24) is 0 Å². The first-order valence-electron chi connectivity index (χ1n) is 4.97. The number of aliphatic hydroxyl groups is 1. The summed E-state index contributed by atoms with van der Waals surface area (Å²) in [6.07, 6.45) is 4.28. The van der Waals surface area contributed by atoms with Crippen LogP contribution in [0.25, 0.3) is 0 Å². The summed E-state index contributed by atoms with van der Waals surface area (Å²) in [7, 11) is 0. The maximum Gasteiger partial charge on any atom is 0.311 e. The Bertz CT molecular complexity index is 237. The van der Waals surface area contributed by atoms with Gasteiger partial charge in [-0.3, -0.25) is 4.79 Å². The normalized spacial score (nSPS) is 27.4. The lowest BCUT2D eigenvalue weighted by Crippen LogP contribution is -2.29. The third kappa shape index (κ3) is 3.14. The van der Waals surface area contributed by atoms with Crippen LogP contribution in [0.5, 0.6) is 0 Å². The molecule has 0 spiro atoms. The number of hydrogen-bond donors (Lipinski definition) is 1. The van der Waals surface area contributed by atoms with E-state index in [0.717, 1.165) is 0 Å². The summed E-state index contributed by atoms with van der Waals surface area (Å²) in [5.74, 6) is -0.191. The Labute approximate surface area is 84.8 Å². The van der Waals surface area contributed by atoms with E-state index in [1.807, 2.05) is 20.8 Å². The Hall–Kier alpha value is -0.830. The lowest BCUT2D eigenvalue weighted by molar-refractivity contribution is -0.157. The minimum absolute atomic E-state index is 0.162. The molecule has 0 aliphatic heterocycles. The quantitative estimate of drug-likeness (QED) is 0.515. The third-order valence-electron chi connectivity index (χ3n) is 2.17. The molecule has 1 N–H and O–H groups in total. The fraction of sp³-hybridized carbons (Fsp3) is 0.727. The van der Waals surface area contributed by atoms with Gasteiger partial charge in [0.1, 0.15) is 6.10 Å². The Morgan fingerprint density at radius 2 is 2.00 bits per heavy atom. The van der Waals surface area contributed by atoms with Crippen molar-refractivity contribution in [3.63, 3.8) is 0 Å². The molecule has 1 aliphatic rings. The van der Waals surface area contributed by atoms with Gasteiger partial charge >= 0.3 is 5.97 Å². The first kappa shape index (κ1) is 11.2. The summed E-state index contributed by atoms with van der Waals surface area (Å²) in [5, 5.41) is 9.19. The van der Waals surface area contributed by atoms with Crippen molar-refractivity contribution in [2.24, 2.45) is 5.41 Å². The smallest absolute Gasteiger partial charge is 0.311 e. The molecule has 2 atom stereocenters. The summed E-state index contributed by atoms with van der Waals surface area (Å²) >= 11 is 0. The predicted octanol–water partition coefficient (Wildman–Crippen LogP) is 1.66. The highest BCUT2D eigenvalue weighted by Gasteiger charge is 2.26. The van der Waals surface area contributed by atoms with Crippen LogP contribution in [0, 0.1) is 5.41 Å². The van der Waals surface area contributed by atoms with Gasteiger partial charge in [0.05, 0.1) is 11.5 Å². The lowest BCUT2D eigenvalue weighted by atomic mass is 9.96. The molecular formula is C11H18O3. The Morgan fingerprint density at radius 1 is 1.36 bits per heavy atom. The topological polar surface area (TPSA) is 46.5 Å². The highest BCUT2D eigenvalue weighted by Crippen LogP contribution is 2.20. The van der Waals surface area contributed by atoms with Crippen LogP contribution >= 0.6 is 0 Å². The van der Waals surface area contributed by atoms with E-state index >= 15 is 0 Å². The second-order valence-electron chi connectivity index (χ2n) is 4.72. The van der Waals surface area contributed by atoms with Crippen molar-refractivity contribution in [2.75, 3.05) is 0 Å². The molecule has 0 fully saturated rings. The van der Waals surface area contributed by atoms with Crippen LogP contribution in [-0.4, -0.2) is 23.3 Å². The number of rotatable bonds is 1. The van der Waals surface area contributed by atoms with Gasteiger partial charge in [0.15, 0.2) is 0 Å². The average molecular weight is 198 g/mol. The molecule has 1 rings (SSSR count). The molecule has 3 nitrogen and oxygen atoms in total. The summed E-state index contributed by atoms with van der Waals surface area (Å²) in [4.78, 5) is 11.5. The molecule has 0 saturated heterocycles. The zero-order valence-electron chi connectivity index (χ0n) is 8.99. The van der Waals surface area contributed by atoms with E-state index < -0.39 is 5.41 Å². The zero-order valence-corrected chi connectivity index (χ0v) is 8.99. The van der Waals surface area contributed by atoms with Crippen molar-refractivity contribution in [2.45, 2.75) is 45.8 Å². The Morgan fingerprint density at radius 3 is 2.43 bits per heavy atom. The Kier molecular flexibility index (Phi) is 3.32. The van der Waals surface area contributed by atoms with Crippen LogP contribution < -0.4 is 0 Å². The molecule has 0 aromatic carbocycles. The van der Waals surface area contributed by atoms with Crippen LogP contribution in [0.2, 0.25) is 0 Å². The van der Waals surface area contributed by atoms with E-state index in [9.17, 15) is 9.90 Å². The van der Waals surface area contributed by atoms with E-state index in [1.165, 1.54) is 0 Å². The SMILES string of the molecule is CC(C)(C)C(=O)O[C@H]1C=C[C@@H](O)CC1. The number of hydrogen-bond acceptors (Lipinski definition) is 3. The number of esters is 1. The molecular weight excluding hydrogens is 180 g/mol. The molecule has 14 heavy (non-hydrogen) atoms. The van der Waals surface area contributed by atoms with Crippen LogP contribution in [0.15, 0.2) is 12.2 Å². The fourth-order valence-electron chi connectivity index (χ4n) is 1.19. The minimum atomic E-state index is -0.454. The maximum absolute atomic E-state index is 11.5. The first-order chi connectivity index (χ1) is 6.39. The zero-order chi connectivity index (χ0) is 10.8. The molecule has 0 radical (unpaired) electrons. The first-order valence-corrected chi connectivity index (χ1v) is 4.97. The van der Waals surface area contributed by atoms with Gasteiger partial charge in [-0.15, -0.1) is 0 Å². The van der Waals surface area contributed by atoms with Gasteiger partial charge in [0.2, 0.25) is 0 Å². The molecule has 3 heteroatoms. The Balaban J connectivity index is 2.46.